The van der Waals surface area contributed by atoms with E-state index in [9.17, 15) is 27.7 Å². The minimum atomic E-state index is -5.14. The molecule has 0 heterocycles. The molecule has 1 rings (SSSR count). The summed E-state index contributed by atoms with van der Waals surface area (Å²) in [4.78, 5) is 9.38. The van der Waals surface area contributed by atoms with Crippen LogP contribution in [0.25, 0.3) is 0 Å². The molecule has 0 amide bonds. The molecule has 1 aromatic carbocycles. The summed E-state index contributed by atoms with van der Waals surface area (Å²) in [5.74, 6) is -1.87. The van der Waals surface area contributed by atoms with E-state index in [0.29, 0.717) is 0 Å². The first kappa shape index (κ1) is 13.0. The maximum absolute atomic E-state index is 12.0. The first-order chi connectivity index (χ1) is 7.85. The smallest absolute Gasteiger partial charge is 0.459 e. The Kier molecular flexibility index (Phi) is 3.71. The second-order valence-corrected chi connectivity index (χ2v) is 2.66. The lowest BCUT2D eigenvalue weighted by molar-refractivity contribution is -0.388. The standard InChI is InChI=1S/C8H5F4NO4/c9-4-16-6-3-1-2-5(13(14)15)7(6)17-8(10,11)12/h1-3H,4H2. The van der Waals surface area contributed by atoms with Crippen molar-refractivity contribution in [2.75, 3.05) is 6.86 Å². The van der Waals surface area contributed by atoms with Gasteiger partial charge in [-0.15, -0.1) is 13.2 Å². The van der Waals surface area contributed by atoms with Gasteiger partial charge in [-0.25, -0.2) is 4.39 Å². The van der Waals surface area contributed by atoms with Crippen LogP contribution in [-0.4, -0.2) is 18.1 Å². The number of halogens is 4. The third-order valence-corrected chi connectivity index (χ3v) is 1.58. The van der Waals surface area contributed by atoms with Gasteiger partial charge in [0.25, 0.3) is 0 Å². The van der Waals surface area contributed by atoms with Crippen molar-refractivity contribution in [2.45, 2.75) is 6.36 Å². The van der Waals surface area contributed by atoms with Crippen molar-refractivity contribution in [3.63, 3.8) is 0 Å². The van der Waals surface area contributed by atoms with Crippen LogP contribution in [0.15, 0.2) is 18.2 Å². The number of alkyl halides is 4. The van der Waals surface area contributed by atoms with Crippen molar-refractivity contribution < 1.29 is 32.0 Å². The van der Waals surface area contributed by atoms with Crippen LogP contribution in [0.2, 0.25) is 0 Å². The number of nitro groups is 1. The Morgan fingerprint density at radius 2 is 2.00 bits per heavy atom. The fourth-order valence-electron chi connectivity index (χ4n) is 1.04. The first-order valence-electron chi connectivity index (χ1n) is 4.07. The lowest BCUT2D eigenvalue weighted by Crippen LogP contribution is -2.18. The summed E-state index contributed by atoms with van der Waals surface area (Å²) < 4.78 is 55.6. The molecule has 94 valence electrons. The molecule has 0 aliphatic carbocycles. The maximum Gasteiger partial charge on any atom is 0.573 e. The molecule has 0 saturated carbocycles. The average Bonchev–Trinajstić information content (AvgIpc) is 2.18. The minimum absolute atomic E-state index is 0.695. The second kappa shape index (κ2) is 4.85. The van der Waals surface area contributed by atoms with Crippen LogP contribution in [0, 0.1) is 10.1 Å². The van der Waals surface area contributed by atoms with Crippen molar-refractivity contribution in [2.24, 2.45) is 0 Å². The lowest BCUT2D eigenvalue weighted by Gasteiger charge is -2.12. The Labute approximate surface area is 91.7 Å². The molecule has 0 radical (unpaired) electrons. The normalized spacial score (nSPS) is 11.1. The summed E-state index contributed by atoms with van der Waals surface area (Å²) in [6.07, 6.45) is -5.14. The Hall–Kier alpha value is -2.06. The monoisotopic (exact) mass is 255 g/mol. The SMILES string of the molecule is O=[N+]([O-])c1cccc(OCF)c1OC(F)(F)F. The van der Waals surface area contributed by atoms with Crippen LogP contribution in [0.5, 0.6) is 11.5 Å². The summed E-state index contributed by atoms with van der Waals surface area (Å²) in [7, 11) is 0. The number of nitro benzene ring substituents is 1. The predicted molar refractivity (Wildman–Crippen MR) is 46.4 cm³/mol. The molecule has 9 heteroatoms. The summed E-state index contributed by atoms with van der Waals surface area (Å²) in [5, 5.41) is 10.5. The third kappa shape index (κ3) is 3.47. The number of hydrogen-bond donors (Lipinski definition) is 0. The van der Waals surface area contributed by atoms with Crippen LogP contribution in [0.1, 0.15) is 0 Å². The zero-order valence-corrected chi connectivity index (χ0v) is 8.03. The van der Waals surface area contributed by atoms with E-state index in [4.69, 9.17) is 0 Å². The van der Waals surface area contributed by atoms with Gasteiger partial charge in [-0.05, 0) is 6.07 Å². The fourth-order valence-corrected chi connectivity index (χ4v) is 1.04. The predicted octanol–water partition coefficient (Wildman–Crippen LogP) is 2.80. The summed E-state index contributed by atoms with van der Waals surface area (Å²) in [5.41, 5.74) is -0.965. The Morgan fingerprint density at radius 3 is 2.47 bits per heavy atom. The molecule has 1 aromatic rings. The van der Waals surface area contributed by atoms with Gasteiger partial charge in [0.2, 0.25) is 12.6 Å². The van der Waals surface area contributed by atoms with Gasteiger partial charge in [0.05, 0.1) is 4.92 Å². The molecule has 0 aliphatic heterocycles. The first-order valence-corrected chi connectivity index (χ1v) is 4.07. The molecule has 17 heavy (non-hydrogen) atoms. The zero-order chi connectivity index (χ0) is 13.1. The summed E-state index contributed by atoms with van der Waals surface area (Å²) >= 11 is 0. The number of hydrogen-bond acceptors (Lipinski definition) is 4. The van der Waals surface area contributed by atoms with Crippen LogP contribution in [-0.2, 0) is 0 Å². The van der Waals surface area contributed by atoms with E-state index >= 15 is 0 Å². The highest BCUT2D eigenvalue weighted by Crippen LogP contribution is 2.40. The molecule has 0 spiro atoms. The third-order valence-electron chi connectivity index (χ3n) is 1.58. The van der Waals surface area contributed by atoms with Crippen molar-refractivity contribution in [3.05, 3.63) is 28.3 Å². The molecule has 0 N–H and O–H groups in total. The molecule has 0 fully saturated rings. The molecule has 0 unspecified atom stereocenters. The minimum Gasteiger partial charge on any atom is -0.459 e. The van der Waals surface area contributed by atoms with Crippen LogP contribution < -0.4 is 9.47 Å². The Balaban J connectivity index is 3.23. The van der Waals surface area contributed by atoms with Crippen molar-refractivity contribution in [3.8, 4) is 11.5 Å². The molecule has 5 nitrogen and oxygen atoms in total. The number of nitrogens with zero attached hydrogens (tertiary/aromatic N) is 1. The average molecular weight is 255 g/mol. The largest absolute Gasteiger partial charge is 0.573 e. The number of rotatable bonds is 4. The quantitative estimate of drug-likeness (QED) is 0.471. The van der Waals surface area contributed by atoms with E-state index in [0.717, 1.165) is 18.2 Å². The van der Waals surface area contributed by atoms with Crippen molar-refractivity contribution >= 4 is 5.69 Å². The van der Waals surface area contributed by atoms with Gasteiger partial charge in [-0.2, -0.15) is 0 Å². The Morgan fingerprint density at radius 1 is 1.35 bits per heavy atom. The molecule has 0 aliphatic rings. The molecule has 0 atom stereocenters. The highest BCUT2D eigenvalue weighted by atomic mass is 19.4. The highest BCUT2D eigenvalue weighted by Gasteiger charge is 2.36. The van der Waals surface area contributed by atoms with Crippen LogP contribution in [0.3, 0.4) is 0 Å². The molecular formula is C8H5F4NO4. The van der Waals surface area contributed by atoms with Gasteiger partial charge >= 0.3 is 12.0 Å². The van der Waals surface area contributed by atoms with Crippen LogP contribution in [0.4, 0.5) is 23.2 Å². The van der Waals surface area contributed by atoms with Crippen LogP contribution >= 0.6 is 0 Å². The van der Waals surface area contributed by atoms with Gasteiger partial charge < -0.3 is 9.47 Å². The van der Waals surface area contributed by atoms with Gasteiger partial charge in [0.15, 0.2) is 5.75 Å². The number of ether oxygens (including phenoxy) is 2. The molecular weight excluding hydrogens is 250 g/mol. The molecule has 0 aromatic heterocycles. The van der Waals surface area contributed by atoms with Gasteiger partial charge in [-0.3, -0.25) is 10.1 Å². The van der Waals surface area contributed by atoms with E-state index in [-0.39, 0.29) is 0 Å². The van der Waals surface area contributed by atoms with E-state index in [2.05, 4.69) is 9.47 Å². The number of para-hydroxylation sites is 1. The van der Waals surface area contributed by atoms with Gasteiger partial charge in [0, 0.05) is 6.07 Å². The second-order valence-electron chi connectivity index (χ2n) is 2.66. The van der Waals surface area contributed by atoms with Gasteiger partial charge in [0.1, 0.15) is 0 Å². The summed E-state index contributed by atoms with van der Waals surface area (Å²) in [6.45, 7) is -1.44. The van der Waals surface area contributed by atoms with E-state index in [1.165, 1.54) is 0 Å². The highest BCUT2D eigenvalue weighted by molar-refractivity contribution is 5.55. The van der Waals surface area contributed by atoms with E-state index < -0.39 is 35.3 Å². The fraction of sp³-hybridized carbons (Fsp3) is 0.250. The summed E-state index contributed by atoms with van der Waals surface area (Å²) in [6, 6.07) is 2.76. The Bertz CT molecular complexity index is 420. The lowest BCUT2D eigenvalue weighted by atomic mass is 10.3. The maximum atomic E-state index is 12.0. The van der Waals surface area contributed by atoms with E-state index in [1.807, 2.05) is 0 Å². The zero-order valence-electron chi connectivity index (χ0n) is 8.03. The molecule has 0 bridgehead atoms. The van der Waals surface area contributed by atoms with Crippen molar-refractivity contribution in [1.82, 2.24) is 0 Å². The van der Waals surface area contributed by atoms with Crippen molar-refractivity contribution in [1.29, 1.82) is 0 Å². The van der Waals surface area contributed by atoms with Gasteiger partial charge in [-0.1, -0.05) is 6.07 Å². The molecule has 0 saturated heterocycles. The van der Waals surface area contributed by atoms with E-state index in [1.54, 1.807) is 0 Å². The number of benzene rings is 1. The topological polar surface area (TPSA) is 61.6 Å².